The van der Waals surface area contributed by atoms with Crippen LogP contribution in [-0.4, -0.2) is 56.1 Å². The van der Waals surface area contributed by atoms with Crippen LogP contribution >= 0.6 is 7.52 Å². The largest absolute Gasteiger partial charge is 0.509 e. The molecule has 10 nitrogen and oxygen atoms in total. The zero-order valence-electron chi connectivity index (χ0n) is 22.1. The van der Waals surface area contributed by atoms with Crippen molar-refractivity contribution in [2.75, 3.05) is 29.9 Å². The minimum Gasteiger partial charge on any atom is -0.509 e. The predicted molar refractivity (Wildman–Crippen MR) is 146 cm³/mol. The van der Waals surface area contributed by atoms with Gasteiger partial charge in [-0.25, -0.2) is 8.42 Å². The van der Waals surface area contributed by atoms with Crippen LogP contribution in [0.3, 0.4) is 0 Å². The number of fused-ring (bicyclic) bond motifs is 1. The number of carbonyl (C=O) groups excluding carboxylic acids is 1. The van der Waals surface area contributed by atoms with Gasteiger partial charge in [-0.2, -0.15) is 4.76 Å². The summed E-state index contributed by atoms with van der Waals surface area (Å²) in [6, 6.07) is 4.02. The Morgan fingerprint density at radius 1 is 1.24 bits per heavy atom. The van der Waals surface area contributed by atoms with Crippen LogP contribution in [0.2, 0.25) is 0 Å². The molecule has 2 aliphatic heterocycles. The van der Waals surface area contributed by atoms with E-state index < -0.39 is 23.6 Å². The maximum Gasteiger partial charge on any atom is 0.348 e. The van der Waals surface area contributed by atoms with E-state index in [9.17, 15) is 22.9 Å². The number of aliphatic hydroxyl groups is 1. The molecule has 1 aliphatic carbocycles. The van der Waals surface area contributed by atoms with Crippen LogP contribution in [0.5, 0.6) is 0 Å². The van der Waals surface area contributed by atoms with Gasteiger partial charge in [-0.15, -0.1) is 0 Å². The van der Waals surface area contributed by atoms with Crippen molar-refractivity contribution in [3.8, 4) is 0 Å². The Bertz CT molecular complexity index is 1290. The van der Waals surface area contributed by atoms with Gasteiger partial charge in [0.15, 0.2) is 5.84 Å². The first-order valence-electron chi connectivity index (χ1n) is 12.6. The molecule has 4 rings (SSSR count). The molecule has 1 fully saturated rings. The second kappa shape index (κ2) is 10.1. The first kappa shape index (κ1) is 27.7. The molecule has 204 valence electrons. The highest BCUT2D eigenvalue weighted by atomic mass is 32.2. The Morgan fingerprint density at radius 2 is 1.92 bits per heavy atom. The normalized spacial score (nSPS) is 25.1. The van der Waals surface area contributed by atoms with Crippen molar-refractivity contribution in [2.24, 2.45) is 16.1 Å². The van der Waals surface area contributed by atoms with Crippen molar-refractivity contribution in [3.63, 3.8) is 0 Å². The maximum atomic E-state index is 13.8. The Kier molecular flexibility index (Phi) is 7.53. The van der Waals surface area contributed by atoms with Crippen LogP contribution in [0.4, 0.5) is 11.4 Å². The van der Waals surface area contributed by atoms with Crippen molar-refractivity contribution in [2.45, 2.75) is 65.3 Å². The number of nitrogens with one attached hydrogen (secondary N) is 2. The first-order valence-corrected chi connectivity index (χ1v) is 16.1. The predicted octanol–water partition coefficient (Wildman–Crippen LogP) is 4.39. The molecular weight excluding hydrogens is 515 g/mol. The van der Waals surface area contributed by atoms with E-state index >= 15 is 0 Å². The van der Waals surface area contributed by atoms with Crippen molar-refractivity contribution >= 4 is 46.0 Å². The Labute approximate surface area is 219 Å². The summed E-state index contributed by atoms with van der Waals surface area (Å²) in [7, 11) is -6.18. The molecule has 0 radical (unpaired) electrons. The van der Waals surface area contributed by atoms with E-state index in [1.807, 2.05) is 0 Å². The summed E-state index contributed by atoms with van der Waals surface area (Å²) in [6.07, 6.45) is 6.90. The molecule has 0 bridgehead atoms. The smallest absolute Gasteiger partial charge is 0.348 e. The molecule has 3 N–H and O–H groups in total. The van der Waals surface area contributed by atoms with E-state index in [4.69, 9.17) is 4.52 Å². The van der Waals surface area contributed by atoms with Gasteiger partial charge in [0.25, 0.3) is 5.91 Å². The summed E-state index contributed by atoms with van der Waals surface area (Å²) in [4.78, 5) is 15.5. The lowest BCUT2D eigenvalue weighted by Crippen LogP contribution is -2.43. The van der Waals surface area contributed by atoms with Crippen molar-refractivity contribution in [1.29, 1.82) is 0 Å². The lowest BCUT2D eigenvalue weighted by Gasteiger charge is -2.35. The second-order valence-corrected chi connectivity index (χ2v) is 15.1. The molecule has 2 unspecified atom stereocenters. The van der Waals surface area contributed by atoms with Crippen LogP contribution in [0.15, 0.2) is 34.3 Å². The third kappa shape index (κ3) is 5.89. The number of anilines is 2. The summed E-state index contributed by atoms with van der Waals surface area (Å²) in [5.74, 6) is -0.239. The summed E-state index contributed by atoms with van der Waals surface area (Å²) in [5.41, 5.74) is 0.595. The Hall–Kier alpha value is -2.36. The lowest BCUT2D eigenvalue weighted by molar-refractivity contribution is -0.128. The number of sulfonamides is 1. The third-order valence-corrected chi connectivity index (χ3v) is 9.66. The fourth-order valence-corrected chi connectivity index (χ4v) is 7.35. The van der Waals surface area contributed by atoms with E-state index in [0.29, 0.717) is 12.2 Å². The number of hydrogen-bond donors (Lipinski definition) is 3. The second-order valence-electron chi connectivity index (χ2n) is 11.3. The monoisotopic (exact) mass is 552 g/mol. The molecule has 1 amide bonds. The SMILES string of the molecule is COP1(=O)N=C(C2=C(O)C(C3CCCCC3)N(CCC(C)(C)C)C2=O)Nc2ccc(NS(C)(=O)=O)cc21. The quantitative estimate of drug-likeness (QED) is 0.427. The zero-order chi connectivity index (χ0) is 27.2. The number of hydrogen-bond acceptors (Lipinski definition) is 7. The number of amides is 1. The van der Waals surface area contributed by atoms with E-state index in [-0.39, 0.29) is 45.4 Å². The molecule has 1 aromatic rings. The van der Waals surface area contributed by atoms with Gasteiger partial charge in [-0.05, 0) is 48.8 Å². The van der Waals surface area contributed by atoms with Gasteiger partial charge in [0.05, 0.1) is 23.3 Å². The molecule has 2 heterocycles. The van der Waals surface area contributed by atoms with Gasteiger partial charge < -0.3 is 19.8 Å². The highest BCUT2D eigenvalue weighted by molar-refractivity contribution is 7.92. The Morgan fingerprint density at radius 3 is 2.51 bits per heavy atom. The molecule has 0 spiro atoms. The average molecular weight is 553 g/mol. The minimum absolute atomic E-state index is 0.00121. The van der Waals surface area contributed by atoms with Crippen molar-refractivity contribution in [1.82, 2.24) is 4.90 Å². The summed E-state index contributed by atoms with van der Waals surface area (Å²) >= 11 is 0. The van der Waals surface area contributed by atoms with Gasteiger partial charge in [-0.3, -0.25) is 14.1 Å². The highest BCUT2D eigenvalue weighted by Crippen LogP contribution is 2.52. The van der Waals surface area contributed by atoms with Gasteiger partial charge >= 0.3 is 7.52 Å². The maximum absolute atomic E-state index is 13.8. The molecular formula is C25H37N4O6PS. The number of aliphatic hydroxyl groups excluding tert-OH is 1. The average Bonchev–Trinajstić information content (AvgIpc) is 3.06. The summed E-state index contributed by atoms with van der Waals surface area (Å²) in [6.45, 7) is 6.83. The molecule has 0 aromatic heterocycles. The summed E-state index contributed by atoms with van der Waals surface area (Å²) in [5, 5.41) is 14.7. The fraction of sp³-hybridized carbons (Fsp3) is 0.600. The standard InChI is InChI=1S/C25H37N4O6PS/c1-25(2,3)13-14-29-21(16-9-7-6-8-10-16)22(30)20(24(29)31)23-26-18-12-11-17(28-37(5,33)34)15-19(18)36(32,27-23)35-4/h11-12,15-16,21,28,30H,6-10,13-14H2,1-5H3,(H,26,27,32). The fourth-order valence-electron chi connectivity index (χ4n) is 5.26. The van der Waals surface area contributed by atoms with E-state index in [0.717, 1.165) is 44.8 Å². The number of amidine groups is 1. The minimum atomic E-state index is -3.88. The van der Waals surface area contributed by atoms with E-state index in [1.54, 1.807) is 11.0 Å². The van der Waals surface area contributed by atoms with Crippen LogP contribution in [0.25, 0.3) is 0 Å². The highest BCUT2D eigenvalue weighted by Gasteiger charge is 2.47. The molecule has 3 aliphatic rings. The Balaban J connectivity index is 1.74. The third-order valence-electron chi connectivity index (χ3n) is 7.12. The lowest BCUT2D eigenvalue weighted by atomic mass is 9.82. The van der Waals surface area contributed by atoms with Gasteiger partial charge in [0, 0.05) is 19.3 Å². The van der Waals surface area contributed by atoms with Gasteiger partial charge in [0.1, 0.15) is 11.3 Å². The van der Waals surface area contributed by atoms with Crippen molar-refractivity contribution in [3.05, 3.63) is 29.5 Å². The zero-order valence-corrected chi connectivity index (χ0v) is 23.8. The van der Waals surface area contributed by atoms with Crippen LogP contribution in [-0.2, 0) is 23.9 Å². The number of nitrogens with zero attached hydrogens (tertiary/aromatic N) is 2. The van der Waals surface area contributed by atoms with Gasteiger partial charge in [-0.1, -0.05) is 40.0 Å². The van der Waals surface area contributed by atoms with Crippen LogP contribution < -0.4 is 15.3 Å². The van der Waals surface area contributed by atoms with Crippen LogP contribution in [0, 0.1) is 11.3 Å². The topological polar surface area (TPSA) is 137 Å². The van der Waals surface area contributed by atoms with E-state index in [2.05, 4.69) is 35.6 Å². The van der Waals surface area contributed by atoms with Crippen LogP contribution in [0.1, 0.15) is 59.3 Å². The molecule has 37 heavy (non-hydrogen) atoms. The number of carbonyl (C=O) groups is 1. The van der Waals surface area contributed by atoms with E-state index in [1.165, 1.54) is 19.2 Å². The van der Waals surface area contributed by atoms with Crippen molar-refractivity contribution < 1.29 is 27.4 Å². The molecule has 1 saturated carbocycles. The molecule has 1 aromatic carbocycles. The summed E-state index contributed by atoms with van der Waals surface area (Å²) < 4.78 is 49.1. The van der Waals surface area contributed by atoms with Gasteiger partial charge in [0.2, 0.25) is 10.0 Å². The molecule has 12 heteroatoms. The molecule has 2 atom stereocenters. The first-order chi connectivity index (χ1) is 17.2. The number of rotatable bonds is 7. The number of benzene rings is 1. The molecule has 0 saturated heterocycles.